The number of fused-ring (bicyclic) bond motifs is 1. The van der Waals surface area contributed by atoms with Gasteiger partial charge in [0.1, 0.15) is 0 Å². The van der Waals surface area contributed by atoms with Crippen molar-refractivity contribution < 1.29 is 4.79 Å². The molecular weight excluding hydrogens is 264 g/mol. The third-order valence-electron chi connectivity index (χ3n) is 4.46. The van der Waals surface area contributed by atoms with Crippen molar-refractivity contribution in [2.24, 2.45) is 18.9 Å². The van der Waals surface area contributed by atoms with E-state index in [0.717, 1.165) is 49.8 Å². The van der Waals surface area contributed by atoms with Crippen LogP contribution in [0.3, 0.4) is 0 Å². The Labute approximate surface area is 119 Å². The minimum absolute atomic E-state index is 0. The van der Waals surface area contributed by atoms with Crippen LogP contribution in [0.1, 0.15) is 22.5 Å². The standard InChI is InChI=1S/C13H20N4O.ClH/c1-9-12(7-15-16(9)2)13(18)17-4-3-10-5-14-6-11(10)8-17;/h7,10-11,14H,3-6,8H2,1-2H3;1H. The molecule has 0 aromatic carbocycles. The number of nitrogens with zero attached hydrogens (tertiary/aromatic N) is 3. The third-order valence-corrected chi connectivity index (χ3v) is 4.46. The van der Waals surface area contributed by atoms with E-state index in [1.807, 2.05) is 18.9 Å². The first-order chi connectivity index (χ1) is 8.66. The molecule has 19 heavy (non-hydrogen) atoms. The topological polar surface area (TPSA) is 50.2 Å². The average Bonchev–Trinajstić information content (AvgIpc) is 2.96. The number of rotatable bonds is 1. The SMILES string of the molecule is Cc1c(C(=O)N2CCC3CNCC3C2)cnn1C.Cl. The van der Waals surface area contributed by atoms with E-state index < -0.39 is 0 Å². The molecule has 2 fully saturated rings. The number of amides is 1. The van der Waals surface area contributed by atoms with Crippen LogP contribution in [0.5, 0.6) is 0 Å². The van der Waals surface area contributed by atoms with Gasteiger partial charge in [-0.15, -0.1) is 12.4 Å². The van der Waals surface area contributed by atoms with E-state index in [-0.39, 0.29) is 18.3 Å². The van der Waals surface area contributed by atoms with E-state index >= 15 is 0 Å². The number of halogens is 1. The first-order valence-corrected chi connectivity index (χ1v) is 6.65. The normalized spacial score (nSPS) is 25.9. The van der Waals surface area contributed by atoms with Crippen molar-refractivity contribution in [2.45, 2.75) is 13.3 Å². The van der Waals surface area contributed by atoms with Gasteiger partial charge in [-0.05, 0) is 38.3 Å². The monoisotopic (exact) mass is 284 g/mol. The molecule has 1 aromatic heterocycles. The molecule has 2 aliphatic heterocycles. The van der Waals surface area contributed by atoms with Crippen molar-refractivity contribution in [1.29, 1.82) is 0 Å². The molecule has 0 saturated carbocycles. The fourth-order valence-electron chi connectivity index (χ4n) is 3.10. The quantitative estimate of drug-likeness (QED) is 0.831. The first kappa shape index (κ1) is 14.3. The van der Waals surface area contributed by atoms with Gasteiger partial charge in [-0.3, -0.25) is 9.48 Å². The highest BCUT2D eigenvalue weighted by atomic mass is 35.5. The molecule has 5 nitrogen and oxygen atoms in total. The number of hydrogen-bond donors (Lipinski definition) is 1. The second-order valence-electron chi connectivity index (χ2n) is 5.49. The zero-order chi connectivity index (χ0) is 12.7. The Balaban J connectivity index is 0.00000133. The summed E-state index contributed by atoms with van der Waals surface area (Å²) in [6.45, 7) is 5.91. The molecule has 6 heteroatoms. The maximum Gasteiger partial charge on any atom is 0.257 e. The molecule has 106 valence electrons. The lowest BCUT2D eigenvalue weighted by Gasteiger charge is -2.34. The van der Waals surface area contributed by atoms with Gasteiger partial charge in [0.2, 0.25) is 0 Å². The third kappa shape index (κ3) is 2.49. The van der Waals surface area contributed by atoms with E-state index in [1.165, 1.54) is 0 Å². The van der Waals surface area contributed by atoms with Crippen LogP contribution in [0.4, 0.5) is 0 Å². The summed E-state index contributed by atoms with van der Waals surface area (Å²) in [5, 5.41) is 7.58. The number of piperidine rings is 1. The van der Waals surface area contributed by atoms with Crippen molar-refractivity contribution >= 4 is 18.3 Å². The highest BCUT2D eigenvalue weighted by Crippen LogP contribution is 2.27. The smallest absolute Gasteiger partial charge is 0.257 e. The minimum Gasteiger partial charge on any atom is -0.338 e. The molecule has 3 rings (SSSR count). The van der Waals surface area contributed by atoms with Crippen molar-refractivity contribution in [3.05, 3.63) is 17.5 Å². The number of aromatic nitrogens is 2. The molecule has 1 N–H and O–H groups in total. The van der Waals surface area contributed by atoms with Crippen LogP contribution in [0.15, 0.2) is 6.20 Å². The lowest BCUT2D eigenvalue weighted by atomic mass is 9.88. The molecule has 2 aliphatic rings. The number of likely N-dealkylation sites (tertiary alicyclic amines) is 1. The van der Waals surface area contributed by atoms with Crippen LogP contribution in [-0.4, -0.2) is 46.8 Å². The van der Waals surface area contributed by atoms with Gasteiger partial charge in [-0.25, -0.2) is 0 Å². The van der Waals surface area contributed by atoms with Crippen LogP contribution < -0.4 is 5.32 Å². The Morgan fingerprint density at radius 2 is 2.16 bits per heavy atom. The fourth-order valence-corrected chi connectivity index (χ4v) is 3.10. The van der Waals surface area contributed by atoms with Gasteiger partial charge in [-0.2, -0.15) is 5.10 Å². The van der Waals surface area contributed by atoms with Crippen molar-refractivity contribution in [3.63, 3.8) is 0 Å². The van der Waals surface area contributed by atoms with Gasteiger partial charge in [0.15, 0.2) is 0 Å². The summed E-state index contributed by atoms with van der Waals surface area (Å²) in [4.78, 5) is 14.5. The molecule has 2 saturated heterocycles. The summed E-state index contributed by atoms with van der Waals surface area (Å²) in [5.74, 6) is 1.55. The molecule has 1 amide bonds. The van der Waals surface area contributed by atoms with Gasteiger partial charge in [0.05, 0.1) is 11.8 Å². The van der Waals surface area contributed by atoms with Gasteiger partial charge in [0.25, 0.3) is 5.91 Å². The Morgan fingerprint density at radius 3 is 2.84 bits per heavy atom. The van der Waals surface area contributed by atoms with Crippen molar-refractivity contribution in [1.82, 2.24) is 20.0 Å². The van der Waals surface area contributed by atoms with Gasteiger partial charge >= 0.3 is 0 Å². The second-order valence-corrected chi connectivity index (χ2v) is 5.49. The largest absolute Gasteiger partial charge is 0.338 e. The molecule has 0 radical (unpaired) electrons. The highest BCUT2D eigenvalue weighted by molar-refractivity contribution is 5.95. The average molecular weight is 285 g/mol. The molecule has 2 atom stereocenters. The maximum absolute atomic E-state index is 12.5. The Bertz CT molecular complexity index is 473. The first-order valence-electron chi connectivity index (χ1n) is 6.65. The van der Waals surface area contributed by atoms with E-state index in [2.05, 4.69) is 10.4 Å². The molecule has 1 aromatic rings. The summed E-state index contributed by atoms with van der Waals surface area (Å²) < 4.78 is 1.76. The van der Waals surface area contributed by atoms with Gasteiger partial charge in [0, 0.05) is 25.8 Å². The lowest BCUT2D eigenvalue weighted by molar-refractivity contribution is 0.0641. The van der Waals surface area contributed by atoms with E-state index in [9.17, 15) is 4.79 Å². The molecule has 0 aliphatic carbocycles. The van der Waals surface area contributed by atoms with Crippen LogP contribution in [-0.2, 0) is 7.05 Å². The van der Waals surface area contributed by atoms with E-state index in [1.54, 1.807) is 10.9 Å². The zero-order valence-corrected chi connectivity index (χ0v) is 12.2. The number of aryl methyl sites for hydroxylation is 1. The van der Waals surface area contributed by atoms with Gasteiger partial charge < -0.3 is 10.2 Å². The number of carbonyl (C=O) groups excluding carboxylic acids is 1. The lowest BCUT2D eigenvalue weighted by Crippen LogP contribution is -2.43. The molecule has 0 spiro atoms. The molecule has 3 heterocycles. The predicted molar refractivity (Wildman–Crippen MR) is 75.6 cm³/mol. The summed E-state index contributed by atoms with van der Waals surface area (Å²) >= 11 is 0. The van der Waals surface area contributed by atoms with E-state index in [0.29, 0.717) is 5.92 Å². The molecule has 0 bridgehead atoms. The second kappa shape index (κ2) is 5.51. The van der Waals surface area contributed by atoms with Crippen LogP contribution in [0.2, 0.25) is 0 Å². The summed E-state index contributed by atoms with van der Waals surface area (Å²) in [5.41, 5.74) is 1.70. The van der Waals surface area contributed by atoms with E-state index in [4.69, 9.17) is 0 Å². The van der Waals surface area contributed by atoms with Crippen molar-refractivity contribution in [3.8, 4) is 0 Å². The molecular formula is C13H21ClN4O. The Hall–Kier alpha value is -1.07. The predicted octanol–water partition coefficient (Wildman–Crippen LogP) is 0.832. The number of hydrogen-bond acceptors (Lipinski definition) is 3. The zero-order valence-electron chi connectivity index (χ0n) is 11.4. The summed E-state index contributed by atoms with van der Waals surface area (Å²) in [6.07, 6.45) is 2.82. The highest BCUT2D eigenvalue weighted by Gasteiger charge is 2.35. The maximum atomic E-state index is 12.5. The number of nitrogens with one attached hydrogen (secondary N) is 1. The number of carbonyl (C=O) groups is 1. The van der Waals surface area contributed by atoms with Crippen LogP contribution >= 0.6 is 12.4 Å². The van der Waals surface area contributed by atoms with Crippen molar-refractivity contribution in [2.75, 3.05) is 26.2 Å². The summed E-state index contributed by atoms with van der Waals surface area (Å²) in [7, 11) is 1.87. The Morgan fingerprint density at radius 1 is 1.42 bits per heavy atom. The summed E-state index contributed by atoms with van der Waals surface area (Å²) in [6, 6.07) is 0. The fraction of sp³-hybridized carbons (Fsp3) is 0.692. The van der Waals surface area contributed by atoms with Crippen LogP contribution in [0, 0.1) is 18.8 Å². The Kier molecular flexibility index (Phi) is 4.16. The molecule has 2 unspecified atom stereocenters. The minimum atomic E-state index is 0. The van der Waals surface area contributed by atoms with Crippen LogP contribution in [0.25, 0.3) is 0 Å². The van der Waals surface area contributed by atoms with Gasteiger partial charge in [-0.1, -0.05) is 0 Å².